The van der Waals surface area contributed by atoms with E-state index in [0.717, 1.165) is 5.92 Å². The van der Waals surface area contributed by atoms with Crippen LogP contribution >= 0.6 is 11.8 Å². The molecule has 2 unspecified atom stereocenters. The maximum atomic E-state index is 3.66. The van der Waals surface area contributed by atoms with Gasteiger partial charge in [-0.3, -0.25) is 0 Å². The Bertz CT molecular complexity index is 361. The molecule has 0 radical (unpaired) electrons. The zero-order chi connectivity index (χ0) is 9.54. The van der Waals surface area contributed by atoms with Gasteiger partial charge in [-0.25, -0.2) is 0 Å². The van der Waals surface area contributed by atoms with Gasteiger partial charge in [-0.2, -0.15) is 11.8 Å². The molecule has 0 spiro atoms. The summed E-state index contributed by atoms with van der Waals surface area (Å²) in [6, 6.07) is 7.56. The molecule has 1 aromatic carbocycles. The van der Waals surface area contributed by atoms with Crippen LogP contribution in [-0.4, -0.2) is 17.5 Å². The normalized spacial score (nSPS) is 29.2. The van der Waals surface area contributed by atoms with E-state index in [0.29, 0.717) is 6.04 Å². The minimum atomic E-state index is 0.716. The van der Waals surface area contributed by atoms with Crippen LogP contribution in [0.4, 0.5) is 5.69 Å². The fourth-order valence-corrected chi connectivity index (χ4v) is 3.79. The largest absolute Gasteiger partial charge is 0.381 e. The van der Waals surface area contributed by atoms with E-state index in [1.165, 1.54) is 29.2 Å². The first kappa shape index (κ1) is 8.66. The van der Waals surface area contributed by atoms with Crippen molar-refractivity contribution in [3.8, 4) is 0 Å². The van der Waals surface area contributed by atoms with Gasteiger partial charge in [0.05, 0.1) is 0 Å². The van der Waals surface area contributed by atoms with Gasteiger partial charge in [-0.1, -0.05) is 12.1 Å². The molecule has 1 aromatic rings. The topological polar surface area (TPSA) is 12.0 Å². The van der Waals surface area contributed by atoms with Gasteiger partial charge < -0.3 is 5.32 Å². The molecule has 14 heavy (non-hydrogen) atoms. The SMILES string of the molecule is Cc1ccc2c(c1)NC1CCSCC21. The highest BCUT2D eigenvalue weighted by Gasteiger charge is 2.33. The first-order valence-corrected chi connectivity index (χ1v) is 6.45. The number of rotatable bonds is 0. The molecule has 1 nitrogen and oxygen atoms in total. The Kier molecular flexibility index (Phi) is 1.98. The summed E-state index contributed by atoms with van der Waals surface area (Å²) in [6.07, 6.45) is 1.32. The van der Waals surface area contributed by atoms with E-state index in [2.05, 4.69) is 42.2 Å². The molecule has 1 fully saturated rings. The Hall–Kier alpha value is -0.630. The molecule has 0 amide bonds. The lowest BCUT2D eigenvalue weighted by Crippen LogP contribution is -2.26. The Morgan fingerprint density at radius 2 is 2.36 bits per heavy atom. The van der Waals surface area contributed by atoms with Gasteiger partial charge in [-0.05, 0) is 36.3 Å². The van der Waals surface area contributed by atoms with Gasteiger partial charge in [0, 0.05) is 23.4 Å². The third-order valence-electron chi connectivity index (χ3n) is 3.31. The van der Waals surface area contributed by atoms with E-state index >= 15 is 0 Å². The number of anilines is 1. The van der Waals surface area contributed by atoms with Gasteiger partial charge in [0.25, 0.3) is 0 Å². The number of thioether (sulfide) groups is 1. The van der Waals surface area contributed by atoms with Crippen LogP contribution in [0.2, 0.25) is 0 Å². The van der Waals surface area contributed by atoms with Gasteiger partial charge in [-0.15, -0.1) is 0 Å². The average molecular weight is 205 g/mol. The van der Waals surface area contributed by atoms with Crippen molar-refractivity contribution < 1.29 is 0 Å². The molecule has 2 aliphatic heterocycles. The van der Waals surface area contributed by atoms with Crippen molar-refractivity contribution in [2.45, 2.75) is 25.3 Å². The second-order valence-corrected chi connectivity index (χ2v) is 5.46. The van der Waals surface area contributed by atoms with Crippen LogP contribution in [0, 0.1) is 6.92 Å². The summed E-state index contributed by atoms with van der Waals surface area (Å²) in [4.78, 5) is 0. The molecule has 3 rings (SSSR count). The van der Waals surface area contributed by atoms with Gasteiger partial charge in [0.2, 0.25) is 0 Å². The Labute approximate surface area is 89.3 Å². The van der Waals surface area contributed by atoms with E-state index < -0.39 is 0 Å². The molecular formula is C12H15NS. The molecule has 2 aliphatic rings. The summed E-state index contributed by atoms with van der Waals surface area (Å²) in [5.74, 6) is 3.39. The first-order valence-electron chi connectivity index (χ1n) is 5.29. The molecular weight excluding hydrogens is 190 g/mol. The van der Waals surface area contributed by atoms with Crippen LogP contribution in [-0.2, 0) is 0 Å². The van der Waals surface area contributed by atoms with Crippen molar-refractivity contribution in [3.63, 3.8) is 0 Å². The number of hydrogen-bond acceptors (Lipinski definition) is 2. The van der Waals surface area contributed by atoms with Crippen molar-refractivity contribution in [2.75, 3.05) is 16.8 Å². The zero-order valence-electron chi connectivity index (χ0n) is 8.42. The Balaban J connectivity index is 2.01. The molecule has 2 heteroatoms. The van der Waals surface area contributed by atoms with Crippen molar-refractivity contribution in [1.82, 2.24) is 0 Å². The third kappa shape index (κ3) is 1.24. The van der Waals surface area contributed by atoms with Gasteiger partial charge >= 0.3 is 0 Å². The second-order valence-electron chi connectivity index (χ2n) is 4.31. The number of fused-ring (bicyclic) bond motifs is 3. The van der Waals surface area contributed by atoms with Crippen LogP contribution in [0.1, 0.15) is 23.5 Å². The van der Waals surface area contributed by atoms with Gasteiger partial charge in [0.15, 0.2) is 0 Å². The minimum absolute atomic E-state index is 0.716. The van der Waals surface area contributed by atoms with Crippen LogP contribution in [0.5, 0.6) is 0 Å². The summed E-state index contributed by atoms with van der Waals surface area (Å²) in [6.45, 7) is 2.17. The molecule has 74 valence electrons. The van der Waals surface area contributed by atoms with E-state index in [1.54, 1.807) is 5.56 Å². The highest BCUT2D eigenvalue weighted by molar-refractivity contribution is 7.99. The number of aryl methyl sites for hydroxylation is 1. The Morgan fingerprint density at radius 3 is 3.29 bits per heavy atom. The average Bonchev–Trinajstić information content (AvgIpc) is 2.54. The molecule has 1 N–H and O–H groups in total. The lowest BCUT2D eigenvalue weighted by atomic mass is 9.94. The first-order chi connectivity index (χ1) is 6.84. The van der Waals surface area contributed by atoms with Crippen LogP contribution < -0.4 is 5.32 Å². The lowest BCUT2D eigenvalue weighted by molar-refractivity contribution is 0.614. The molecule has 1 saturated heterocycles. The monoisotopic (exact) mass is 205 g/mol. The summed E-state index contributed by atoms with van der Waals surface area (Å²) in [7, 11) is 0. The number of nitrogens with one attached hydrogen (secondary N) is 1. The fourth-order valence-electron chi connectivity index (χ4n) is 2.54. The van der Waals surface area contributed by atoms with Crippen molar-refractivity contribution in [3.05, 3.63) is 29.3 Å². The summed E-state index contributed by atoms with van der Waals surface area (Å²) >= 11 is 2.10. The highest BCUT2D eigenvalue weighted by Crippen LogP contribution is 2.42. The highest BCUT2D eigenvalue weighted by atomic mass is 32.2. The number of benzene rings is 1. The van der Waals surface area contributed by atoms with E-state index in [4.69, 9.17) is 0 Å². The standard InChI is InChI=1S/C12H15NS/c1-8-2-3-9-10-7-14-5-4-11(10)13-12(9)6-8/h2-3,6,10-11,13H,4-5,7H2,1H3. The minimum Gasteiger partial charge on any atom is -0.381 e. The van der Waals surface area contributed by atoms with Gasteiger partial charge in [0.1, 0.15) is 0 Å². The van der Waals surface area contributed by atoms with Crippen LogP contribution in [0.25, 0.3) is 0 Å². The zero-order valence-corrected chi connectivity index (χ0v) is 9.23. The van der Waals surface area contributed by atoms with Crippen LogP contribution in [0.3, 0.4) is 0 Å². The summed E-state index contributed by atoms with van der Waals surface area (Å²) in [5, 5.41) is 3.66. The van der Waals surface area contributed by atoms with Crippen LogP contribution in [0.15, 0.2) is 18.2 Å². The smallest absolute Gasteiger partial charge is 0.0381 e. The second kappa shape index (κ2) is 3.20. The molecule has 2 atom stereocenters. The van der Waals surface area contributed by atoms with E-state index in [9.17, 15) is 0 Å². The van der Waals surface area contributed by atoms with Crippen molar-refractivity contribution >= 4 is 17.4 Å². The lowest BCUT2D eigenvalue weighted by Gasteiger charge is -2.24. The quantitative estimate of drug-likeness (QED) is 0.698. The fraction of sp³-hybridized carbons (Fsp3) is 0.500. The van der Waals surface area contributed by atoms with Crippen molar-refractivity contribution in [1.29, 1.82) is 0 Å². The molecule has 0 aliphatic carbocycles. The number of hydrogen-bond donors (Lipinski definition) is 1. The predicted octanol–water partition coefficient (Wildman–Crippen LogP) is 3.01. The molecule has 2 heterocycles. The summed E-state index contributed by atoms with van der Waals surface area (Å²) in [5.41, 5.74) is 4.30. The third-order valence-corrected chi connectivity index (χ3v) is 4.42. The summed E-state index contributed by atoms with van der Waals surface area (Å²) < 4.78 is 0. The maximum Gasteiger partial charge on any atom is 0.0381 e. The maximum absolute atomic E-state index is 3.66. The molecule has 0 bridgehead atoms. The van der Waals surface area contributed by atoms with E-state index in [-0.39, 0.29) is 0 Å². The predicted molar refractivity (Wildman–Crippen MR) is 63.3 cm³/mol. The Morgan fingerprint density at radius 1 is 1.43 bits per heavy atom. The molecule has 0 aromatic heterocycles. The van der Waals surface area contributed by atoms with Crippen molar-refractivity contribution in [2.24, 2.45) is 0 Å². The molecule has 0 saturated carbocycles. The van der Waals surface area contributed by atoms with E-state index in [1.807, 2.05) is 0 Å².